The molecule has 1 heterocycles. The summed E-state index contributed by atoms with van der Waals surface area (Å²) < 4.78 is 5.82. The molecule has 0 aromatic rings. The molecule has 1 spiro atoms. The predicted octanol–water partition coefficient (Wildman–Crippen LogP) is -0.113. The van der Waals surface area contributed by atoms with Gasteiger partial charge in [-0.05, 0) is 19.3 Å². The third-order valence-electron chi connectivity index (χ3n) is 4.89. The highest BCUT2D eigenvalue weighted by molar-refractivity contribution is 5.18. The molecule has 1 aliphatic heterocycles. The minimum absolute atomic E-state index is 0.0152. The van der Waals surface area contributed by atoms with Crippen molar-refractivity contribution < 1.29 is 14.9 Å². The van der Waals surface area contributed by atoms with Gasteiger partial charge < -0.3 is 20.3 Å². The Morgan fingerprint density at radius 2 is 2.06 bits per heavy atom. The van der Waals surface area contributed by atoms with Gasteiger partial charge in [-0.2, -0.15) is 0 Å². The summed E-state index contributed by atoms with van der Waals surface area (Å²) in [5.74, 6) is 0.612. The summed E-state index contributed by atoms with van der Waals surface area (Å²) in [6, 6.07) is 0.294. The second-order valence-corrected chi connectivity index (χ2v) is 5.54. The molecule has 3 aliphatic rings. The highest BCUT2D eigenvalue weighted by Gasteiger charge is 2.66. The van der Waals surface area contributed by atoms with Gasteiger partial charge in [-0.1, -0.05) is 6.42 Å². The fourth-order valence-electron chi connectivity index (χ4n) is 3.91. The molecule has 3 rings (SSSR count). The van der Waals surface area contributed by atoms with E-state index in [0.29, 0.717) is 23.5 Å². The standard InChI is InChI=1S/C12H21NO3/c14-6-8(7-15)13-10-9-2-5-16-11(9)12(10)3-1-4-12/h8-11,13-15H,1-7H2. The molecule has 0 aromatic heterocycles. The summed E-state index contributed by atoms with van der Waals surface area (Å²) in [7, 11) is 0. The van der Waals surface area contributed by atoms with Crippen molar-refractivity contribution >= 4 is 0 Å². The lowest BCUT2D eigenvalue weighted by molar-refractivity contribution is -0.179. The van der Waals surface area contributed by atoms with Crippen molar-refractivity contribution in [2.45, 2.75) is 43.9 Å². The Morgan fingerprint density at radius 1 is 1.31 bits per heavy atom. The van der Waals surface area contributed by atoms with Crippen LogP contribution in [0.15, 0.2) is 0 Å². The lowest BCUT2D eigenvalue weighted by Gasteiger charge is -2.64. The van der Waals surface area contributed by atoms with Crippen molar-refractivity contribution in [1.29, 1.82) is 0 Å². The maximum absolute atomic E-state index is 9.14. The van der Waals surface area contributed by atoms with Gasteiger partial charge in [0, 0.05) is 24.0 Å². The summed E-state index contributed by atoms with van der Waals surface area (Å²) in [6.07, 6.45) is 5.38. The second kappa shape index (κ2) is 3.95. The molecular weight excluding hydrogens is 206 g/mol. The van der Waals surface area contributed by atoms with Crippen LogP contribution in [0.3, 0.4) is 0 Å². The first kappa shape index (κ1) is 11.0. The molecule has 1 saturated heterocycles. The molecule has 3 atom stereocenters. The maximum atomic E-state index is 9.14. The van der Waals surface area contributed by atoms with Crippen LogP contribution in [0.5, 0.6) is 0 Å². The Hall–Kier alpha value is -0.160. The van der Waals surface area contributed by atoms with Crippen molar-refractivity contribution in [3.8, 4) is 0 Å². The molecule has 0 amide bonds. The molecule has 3 N–H and O–H groups in total. The number of hydrogen-bond donors (Lipinski definition) is 3. The van der Waals surface area contributed by atoms with Gasteiger partial charge in [0.15, 0.2) is 0 Å². The van der Waals surface area contributed by atoms with E-state index < -0.39 is 0 Å². The summed E-state index contributed by atoms with van der Waals surface area (Å²) in [4.78, 5) is 0. The van der Waals surface area contributed by atoms with Crippen molar-refractivity contribution in [2.75, 3.05) is 19.8 Å². The highest BCUT2D eigenvalue weighted by Crippen LogP contribution is 2.62. The van der Waals surface area contributed by atoms with E-state index in [0.717, 1.165) is 13.0 Å². The topological polar surface area (TPSA) is 61.7 Å². The van der Waals surface area contributed by atoms with Gasteiger partial charge >= 0.3 is 0 Å². The van der Waals surface area contributed by atoms with Crippen LogP contribution in [0.4, 0.5) is 0 Å². The zero-order valence-electron chi connectivity index (χ0n) is 9.56. The number of aliphatic hydroxyl groups is 2. The van der Waals surface area contributed by atoms with Crippen LogP contribution < -0.4 is 5.32 Å². The van der Waals surface area contributed by atoms with Crippen LogP contribution in [0.1, 0.15) is 25.7 Å². The van der Waals surface area contributed by atoms with Crippen LogP contribution in [-0.2, 0) is 4.74 Å². The number of ether oxygens (including phenoxy) is 1. The van der Waals surface area contributed by atoms with Gasteiger partial charge in [0.2, 0.25) is 0 Å². The largest absolute Gasteiger partial charge is 0.395 e. The molecule has 0 aromatic carbocycles. The van der Waals surface area contributed by atoms with Crippen molar-refractivity contribution in [3.05, 3.63) is 0 Å². The number of fused-ring (bicyclic) bond motifs is 2. The zero-order chi connectivity index (χ0) is 11.2. The number of nitrogens with one attached hydrogen (secondary N) is 1. The summed E-state index contributed by atoms with van der Waals surface area (Å²) in [5.41, 5.74) is 0.337. The van der Waals surface area contributed by atoms with Crippen LogP contribution >= 0.6 is 0 Å². The summed E-state index contributed by atoms with van der Waals surface area (Å²) >= 11 is 0. The maximum Gasteiger partial charge on any atom is 0.0690 e. The molecule has 2 saturated carbocycles. The number of aliphatic hydroxyl groups excluding tert-OH is 2. The predicted molar refractivity (Wildman–Crippen MR) is 59.0 cm³/mol. The molecule has 0 bridgehead atoms. The molecule has 4 heteroatoms. The Bertz CT molecular complexity index is 263. The van der Waals surface area contributed by atoms with Gasteiger partial charge in [0.05, 0.1) is 25.4 Å². The van der Waals surface area contributed by atoms with Crippen LogP contribution in [0.25, 0.3) is 0 Å². The van der Waals surface area contributed by atoms with Crippen molar-refractivity contribution in [3.63, 3.8) is 0 Å². The van der Waals surface area contributed by atoms with Gasteiger partial charge in [-0.15, -0.1) is 0 Å². The van der Waals surface area contributed by atoms with Crippen LogP contribution in [-0.4, -0.2) is 48.2 Å². The minimum atomic E-state index is -0.163. The van der Waals surface area contributed by atoms with Gasteiger partial charge in [0.25, 0.3) is 0 Å². The van der Waals surface area contributed by atoms with E-state index in [4.69, 9.17) is 14.9 Å². The normalized spacial score (nSPS) is 39.6. The SMILES string of the molecule is OCC(CO)NC1C2CCOC2C12CCC2. The lowest BCUT2D eigenvalue weighted by Crippen LogP contribution is -2.72. The van der Waals surface area contributed by atoms with Gasteiger partial charge in [-0.3, -0.25) is 0 Å². The average Bonchev–Trinajstić information content (AvgIpc) is 2.63. The molecule has 2 aliphatic carbocycles. The second-order valence-electron chi connectivity index (χ2n) is 5.54. The number of hydrogen-bond acceptors (Lipinski definition) is 4. The van der Waals surface area contributed by atoms with E-state index in [2.05, 4.69) is 5.32 Å². The number of rotatable bonds is 4. The smallest absolute Gasteiger partial charge is 0.0690 e. The molecule has 4 nitrogen and oxygen atoms in total. The lowest BCUT2D eigenvalue weighted by atomic mass is 9.46. The van der Waals surface area contributed by atoms with E-state index >= 15 is 0 Å². The Kier molecular flexibility index (Phi) is 2.70. The van der Waals surface area contributed by atoms with E-state index in [1.807, 2.05) is 0 Å². The third-order valence-corrected chi connectivity index (χ3v) is 4.89. The Balaban J connectivity index is 1.69. The van der Waals surface area contributed by atoms with E-state index in [1.165, 1.54) is 19.3 Å². The molecule has 0 radical (unpaired) electrons. The fourth-order valence-corrected chi connectivity index (χ4v) is 3.91. The van der Waals surface area contributed by atoms with Gasteiger partial charge in [-0.25, -0.2) is 0 Å². The Morgan fingerprint density at radius 3 is 2.62 bits per heavy atom. The Labute approximate surface area is 96.0 Å². The summed E-state index contributed by atoms with van der Waals surface area (Å²) in [5, 5.41) is 21.7. The zero-order valence-corrected chi connectivity index (χ0v) is 9.56. The highest BCUT2D eigenvalue weighted by atomic mass is 16.5. The van der Waals surface area contributed by atoms with Crippen LogP contribution in [0.2, 0.25) is 0 Å². The minimum Gasteiger partial charge on any atom is -0.395 e. The molecular formula is C12H21NO3. The first-order valence-electron chi connectivity index (χ1n) is 6.41. The first-order chi connectivity index (χ1) is 7.81. The van der Waals surface area contributed by atoms with Crippen LogP contribution in [0, 0.1) is 11.3 Å². The first-order valence-corrected chi connectivity index (χ1v) is 6.41. The fraction of sp³-hybridized carbons (Fsp3) is 1.00. The van der Waals surface area contributed by atoms with Crippen molar-refractivity contribution in [2.24, 2.45) is 11.3 Å². The third kappa shape index (κ3) is 1.30. The quantitative estimate of drug-likeness (QED) is 0.627. The summed E-state index contributed by atoms with van der Waals surface area (Å²) in [6.45, 7) is 0.917. The van der Waals surface area contributed by atoms with E-state index in [9.17, 15) is 0 Å². The van der Waals surface area contributed by atoms with Crippen molar-refractivity contribution in [1.82, 2.24) is 5.32 Å². The van der Waals surface area contributed by atoms with E-state index in [-0.39, 0.29) is 19.3 Å². The monoisotopic (exact) mass is 227 g/mol. The molecule has 3 fully saturated rings. The molecule has 3 unspecified atom stereocenters. The molecule has 16 heavy (non-hydrogen) atoms. The molecule has 92 valence electrons. The van der Waals surface area contributed by atoms with Gasteiger partial charge in [0.1, 0.15) is 0 Å². The average molecular weight is 227 g/mol. The van der Waals surface area contributed by atoms with E-state index in [1.54, 1.807) is 0 Å².